The van der Waals surface area contributed by atoms with Crippen LogP contribution in [0.1, 0.15) is 11.3 Å². The quantitative estimate of drug-likeness (QED) is 0.371. The Bertz CT molecular complexity index is 1110. The van der Waals surface area contributed by atoms with Crippen molar-refractivity contribution in [3.63, 3.8) is 0 Å². The van der Waals surface area contributed by atoms with Gasteiger partial charge >= 0.3 is 0 Å². The minimum atomic E-state index is 0.698. The predicted octanol–water partition coefficient (Wildman–Crippen LogP) is 5.65. The van der Waals surface area contributed by atoms with Gasteiger partial charge in [0, 0.05) is 16.2 Å². The average molecular weight is 429 g/mol. The minimum absolute atomic E-state index is 0.698. The summed E-state index contributed by atoms with van der Waals surface area (Å²) in [6, 6.07) is 13.8. The second-order valence-corrected chi connectivity index (χ2v) is 8.26. The Morgan fingerprint density at radius 1 is 1.21 bits per heavy atom. The van der Waals surface area contributed by atoms with Crippen LogP contribution in [-0.2, 0) is 5.75 Å². The largest absolute Gasteiger partial charge is 0.496 e. The van der Waals surface area contributed by atoms with Crippen LogP contribution in [0.2, 0.25) is 5.02 Å². The maximum Gasteiger partial charge on any atom is 0.195 e. The first-order valence-corrected chi connectivity index (χ1v) is 10.8. The van der Waals surface area contributed by atoms with Crippen LogP contribution in [0.25, 0.3) is 16.3 Å². The Hall–Kier alpha value is -2.35. The highest BCUT2D eigenvalue weighted by Crippen LogP contribution is 2.33. The number of hydrogen-bond donors (Lipinski definition) is 0. The van der Waals surface area contributed by atoms with E-state index < -0.39 is 0 Å². The number of methoxy groups -OCH3 is 1. The first-order chi connectivity index (χ1) is 13.7. The number of halogens is 1. The molecule has 2 aromatic carbocycles. The molecule has 5 nitrogen and oxygen atoms in total. The smallest absolute Gasteiger partial charge is 0.195 e. The Balaban J connectivity index is 1.51. The maximum absolute atomic E-state index is 6.26. The van der Waals surface area contributed by atoms with Gasteiger partial charge in [0.15, 0.2) is 5.16 Å². The molecule has 8 heteroatoms. The van der Waals surface area contributed by atoms with E-state index in [9.17, 15) is 0 Å². The molecule has 0 fully saturated rings. The van der Waals surface area contributed by atoms with Crippen molar-refractivity contribution in [2.75, 3.05) is 7.11 Å². The van der Waals surface area contributed by atoms with E-state index in [1.165, 1.54) is 0 Å². The number of benzene rings is 2. The number of thiazole rings is 1. The lowest BCUT2D eigenvalue weighted by Gasteiger charge is -2.07. The molecule has 4 rings (SSSR count). The van der Waals surface area contributed by atoms with Gasteiger partial charge in [0.05, 0.1) is 24.1 Å². The molecule has 2 aromatic heterocycles. The van der Waals surface area contributed by atoms with Crippen molar-refractivity contribution < 1.29 is 4.74 Å². The molecule has 0 radical (unpaired) electrons. The highest BCUT2D eigenvalue weighted by atomic mass is 35.5. The van der Waals surface area contributed by atoms with E-state index in [0.717, 1.165) is 43.4 Å². The van der Waals surface area contributed by atoms with Crippen LogP contribution in [0.15, 0.2) is 59.3 Å². The predicted molar refractivity (Wildman–Crippen MR) is 115 cm³/mol. The number of para-hydroxylation sites is 1. The molecule has 142 valence electrons. The lowest BCUT2D eigenvalue weighted by Crippen LogP contribution is -1.96. The third kappa shape index (κ3) is 3.92. The monoisotopic (exact) mass is 428 g/mol. The molecule has 2 heterocycles. The molecule has 0 saturated heterocycles. The molecule has 0 aliphatic rings. The van der Waals surface area contributed by atoms with Crippen LogP contribution >= 0.6 is 34.7 Å². The third-order valence-electron chi connectivity index (χ3n) is 4.19. The van der Waals surface area contributed by atoms with E-state index in [-0.39, 0.29) is 0 Å². The fourth-order valence-corrected chi connectivity index (χ4v) is 4.64. The molecule has 0 bridgehead atoms. The van der Waals surface area contributed by atoms with Gasteiger partial charge in [0.2, 0.25) is 0 Å². The highest BCUT2D eigenvalue weighted by molar-refractivity contribution is 7.98. The van der Waals surface area contributed by atoms with Gasteiger partial charge in [-0.2, -0.15) is 0 Å². The molecular weight excluding hydrogens is 412 g/mol. The van der Waals surface area contributed by atoms with Crippen LogP contribution in [0.4, 0.5) is 0 Å². The van der Waals surface area contributed by atoms with E-state index >= 15 is 0 Å². The van der Waals surface area contributed by atoms with Crippen molar-refractivity contribution in [3.05, 3.63) is 70.5 Å². The Morgan fingerprint density at radius 3 is 2.89 bits per heavy atom. The lowest BCUT2D eigenvalue weighted by atomic mass is 10.2. The number of hydrogen-bond acceptors (Lipinski definition) is 6. The zero-order valence-corrected chi connectivity index (χ0v) is 17.7. The molecule has 28 heavy (non-hydrogen) atoms. The number of nitrogens with zero attached hydrogens (tertiary/aromatic N) is 4. The molecule has 0 amide bonds. The summed E-state index contributed by atoms with van der Waals surface area (Å²) in [6.45, 7) is 1.98. The molecule has 0 unspecified atom stereocenters. The number of ether oxygens (including phenoxy) is 1. The topological polar surface area (TPSA) is 52.8 Å². The summed E-state index contributed by atoms with van der Waals surface area (Å²) in [5.74, 6) is 1.52. The molecule has 0 atom stereocenters. The number of thioether (sulfide) groups is 1. The van der Waals surface area contributed by atoms with Crippen LogP contribution in [0.3, 0.4) is 0 Å². The standard InChI is InChI=1S/C20H17ClN4OS2/c1-13-7-8-15(9-17(13)21)25-12-22-24-20(25)28-11-14-10-27-19(23-14)16-5-3-4-6-18(16)26-2/h3-10,12H,11H2,1-2H3. The summed E-state index contributed by atoms with van der Waals surface area (Å²) in [7, 11) is 1.67. The number of aryl methyl sites for hydroxylation is 1. The van der Waals surface area contributed by atoms with Crippen LogP contribution in [-0.4, -0.2) is 26.9 Å². The molecule has 4 aromatic rings. The Kier molecular flexibility index (Phi) is 5.66. The van der Waals surface area contributed by atoms with Gasteiger partial charge in [-0.3, -0.25) is 4.57 Å². The zero-order valence-electron chi connectivity index (χ0n) is 15.3. The third-order valence-corrected chi connectivity index (χ3v) is 6.50. The van der Waals surface area contributed by atoms with Crippen molar-refractivity contribution in [1.82, 2.24) is 19.7 Å². The second kappa shape index (κ2) is 8.34. The van der Waals surface area contributed by atoms with Gasteiger partial charge in [-0.15, -0.1) is 21.5 Å². The fourth-order valence-electron chi connectivity index (χ4n) is 2.69. The van der Waals surface area contributed by atoms with Crippen molar-refractivity contribution in [2.24, 2.45) is 0 Å². The summed E-state index contributed by atoms with van der Waals surface area (Å²) >= 11 is 9.46. The van der Waals surface area contributed by atoms with Crippen LogP contribution < -0.4 is 4.74 Å². The van der Waals surface area contributed by atoms with Gasteiger partial charge in [-0.25, -0.2) is 4.98 Å². The zero-order chi connectivity index (χ0) is 19.5. The Labute approximate surface area is 176 Å². The molecular formula is C20H17ClN4OS2. The average Bonchev–Trinajstić information content (AvgIpc) is 3.38. The van der Waals surface area contributed by atoms with Crippen LogP contribution in [0, 0.1) is 6.92 Å². The van der Waals surface area contributed by atoms with Crippen molar-refractivity contribution in [2.45, 2.75) is 17.8 Å². The van der Waals surface area contributed by atoms with E-state index in [1.54, 1.807) is 36.5 Å². The first kappa shape index (κ1) is 19.0. The van der Waals surface area contributed by atoms with E-state index in [4.69, 9.17) is 21.3 Å². The summed E-state index contributed by atoms with van der Waals surface area (Å²) in [5.41, 5.74) is 3.98. The van der Waals surface area contributed by atoms with Gasteiger partial charge in [0.1, 0.15) is 17.1 Å². The minimum Gasteiger partial charge on any atom is -0.496 e. The SMILES string of the molecule is COc1ccccc1-c1nc(CSc2nncn2-c2ccc(C)c(Cl)c2)cs1. The molecule has 0 aliphatic heterocycles. The summed E-state index contributed by atoms with van der Waals surface area (Å²) in [5, 5.41) is 12.8. The van der Waals surface area contributed by atoms with Crippen molar-refractivity contribution >= 4 is 34.7 Å². The Morgan fingerprint density at radius 2 is 2.07 bits per heavy atom. The summed E-state index contributed by atoms with van der Waals surface area (Å²) in [6.07, 6.45) is 1.70. The highest BCUT2D eigenvalue weighted by Gasteiger charge is 2.12. The van der Waals surface area contributed by atoms with Gasteiger partial charge in [-0.05, 0) is 36.8 Å². The van der Waals surface area contributed by atoms with Gasteiger partial charge < -0.3 is 4.74 Å². The second-order valence-electron chi connectivity index (χ2n) is 6.05. The molecule has 0 aliphatic carbocycles. The number of aromatic nitrogens is 4. The van der Waals surface area contributed by atoms with Crippen molar-refractivity contribution in [1.29, 1.82) is 0 Å². The van der Waals surface area contributed by atoms with Crippen LogP contribution in [0.5, 0.6) is 5.75 Å². The van der Waals surface area contributed by atoms with Gasteiger partial charge in [0.25, 0.3) is 0 Å². The maximum atomic E-state index is 6.26. The molecule has 0 spiro atoms. The molecule has 0 N–H and O–H groups in total. The molecule has 0 saturated carbocycles. The van der Waals surface area contributed by atoms with E-state index in [1.807, 2.05) is 54.0 Å². The lowest BCUT2D eigenvalue weighted by molar-refractivity contribution is 0.416. The van der Waals surface area contributed by atoms with E-state index in [2.05, 4.69) is 15.6 Å². The first-order valence-electron chi connectivity index (χ1n) is 8.53. The van der Waals surface area contributed by atoms with Gasteiger partial charge in [-0.1, -0.05) is 41.6 Å². The summed E-state index contributed by atoms with van der Waals surface area (Å²) in [4.78, 5) is 4.76. The van der Waals surface area contributed by atoms with Crippen molar-refractivity contribution in [3.8, 4) is 22.0 Å². The number of rotatable bonds is 6. The fraction of sp³-hybridized carbons (Fsp3) is 0.150. The summed E-state index contributed by atoms with van der Waals surface area (Å²) < 4.78 is 7.37. The normalized spacial score (nSPS) is 11.0. The van der Waals surface area contributed by atoms with E-state index in [0.29, 0.717) is 5.75 Å².